The van der Waals surface area contributed by atoms with Gasteiger partial charge in [0.2, 0.25) is 0 Å². The Bertz CT molecular complexity index is 376. The van der Waals surface area contributed by atoms with Gasteiger partial charge in [-0.2, -0.15) is 0 Å². The second-order valence-electron chi connectivity index (χ2n) is 4.46. The minimum Gasteiger partial charge on any atom is -0.395 e. The van der Waals surface area contributed by atoms with Gasteiger partial charge in [0.25, 0.3) is 0 Å². The van der Waals surface area contributed by atoms with Crippen molar-refractivity contribution in [2.24, 2.45) is 0 Å². The van der Waals surface area contributed by atoms with E-state index < -0.39 is 0 Å². The van der Waals surface area contributed by atoms with Gasteiger partial charge < -0.3 is 15.3 Å². The molecule has 2 amide bonds. The lowest BCUT2D eigenvalue weighted by Gasteiger charge is -2.20. The average Bonchev–Trinajstić information content (AvgIpc) is 2.45. The standard InChI is InChI=1S/C15H24N2O2/c1-3-13-5-7-14(8-6-13)9-10-16-15(19)17(4-2)11-12-18/h5-8,18H,3-4,9-12H2,1-2H3,(H,16,19). The summed E-state index contributed by atoms with van der Waals surface area (Å²) in [6.45, 7) is 5.64. The van der Waals surface area contributed by atoms with Crippen LogP contribution in [-0.2, 0) is 12.8 Å². The molecule has 1 aromatic carbocycles. The fraction of sp³-hybridized carbons (Fsp3) is 0.533. The highest BCUT2D eigenvalue weighted by Crippen LogP contribution is 2.05. The van der Waals surface area contributed by atoms with Crippen molar-refractivity contribution < 1.29 is 9.90 Å². The smallest absolute Gasteiger partial charge is 0.317 e. The summed E-state index contributed by atoms with van der Waals surface area (Å²) in [5.41, 5.74) is 2.55. The molecule has 0 aliphatic carbocycles. The molecule has 2 N–H and O–H groups in total. The van der Waals surface area contributed by atoms with Crippen LogP contribution in [0.5, 0.6) is 0 Å². The summed E-state index contributed by atoms with van der Waals surface area (Å²) in [5, 5.41) is 11.7. The zero-order valence-electron chi connectivity index (χ0n) is 11.9. The number of aryl methyl sites for hydroxylation is 1. The van der Waals surface area contributed by atoms with Crippen LogP contribution in [0.1, 0.15) is 25.0 Å². The van der Waals surface area contributed by atoms with Crippen molar-refractivity contribution in [3.63, 3.8) is 0 Å². The zero-order chi connectivity index (χ0) is 14.1. The molecule has 106 valence electrons. The van der Waals surface area contributed by atoms with Gasteiger partial charge in [-0.05, 0) is 30.9 Å². The van der Waals surface area contributed by atoms with E-state index in [0.29, 0.717) is 19.6 Å². The van der Waals surface area contributed by atoms with Crippen molar-refractivity contribution in [2.45, 2.75) is 26.7 Å². The van der Waals surface area contributed by atoms with E-state index in [9.17, 15) is 4.79 Å². The lowest BCUT2D eigenvalue weighted by molar-refractivity contribution is 0.180. The van der Waals surface area contributed by atoms with Crippen LogP contribution in [0.25, 0.3) is 0 Å². The lowest BCUT2D eigenvalue weighted by atomic mass is 10.1. The molecule has 0 radical (unpaired) electrons. The number of aliphatic hydroxyl groups excluding tert-OH is 1. The molecule has 0 unspecified atom stereocenters. The largest absolute Gasteiger partial charge is 0.395 e. The molecule has 0 heterocycles. The first-order valence-electron chi connectivity index (χ1n) is 6.92. The fourth-order valence-corrected chi connectivity index (χ4v) is 1.89. The molecule has 1 rings (SSSR count). The molecule has 0 aliphatic rings. The Hall–Kier alpha value is -1.55. The molecule has 0 fully saturated rings. The van der Waals surface area contributed by atoms with Crippen LogP contribution in [0.3, 0.4) is 0 Å². The molecule has 0 saturated carbocycles. The Labute approximate surface area is 115 Å². The van der Waals surface area contributed by atoms with E-state index in [1.165, 1.54) is 11.1 Å². The summed E-state index contributed by atoms with van der Waals surface area (Å²) in [6.07, 6.45) is 1.87. The van der Waals surface area contributed by atoms with Crippen LogP contribution in [-0.4, -0.2) is 42.3 Å². The summed E-state index contributed by atoms with van der Waals surface area (Å²) in [4.78, 5) is 13.4. The molecular weight excluding hydrogens is 240 g/mol. The van der Waals surface area contributed by atoms with Crippen LogP contribution in [0.2, 0.25) is 0 Å². The molecule has 0 aromatic heterocycles. The molecule has 4 heteroatoms. The van der Waals surface area contributed by atoms with Crippen LogP contribution in [0.15, 0.2) is 24.3 Å². The van der Waals surface area contributed by atoms with Crippen molar-refractivity contribution in [2.75, 3.05) is 26.2 Å². The number of carbonyl (C=O) groups excluding carboxylic acids is 1. The molecule has 0 bridgehead atoms. The number of nitrogens with one attached hydrogen (secondary N) is 1. The maximum atomic E-state index is 11.8. The Morgan fingerprint density at radius 1 is 1.21 bits per heavy atom. The van der Waals surface area contributed by atoms with E-state index in [0.717, 1.165) is 12.8 Å². The summed E-state index contributed by atoms with van der Waals surface area (Å²) >= 11 is 0. The molecule has 1 aromatic rings. The van der Waals surface area contributed by atoms with Crippen LogP contribution >= 0.6 is 0 Å². The number of hydrogen-bond acceptors (Lipinski definition) is 2. The molecular formula is C15H24N2O2. The van der Waals surface area contributed by atoms with Crippen molar-refractivity contribution in [1.29, 1.82) is 0 Å². The van der Waals surface area contributed by atoms with Gasteiger partial charge >= 0.3 is 6.03 Å². The van der Waals surface area contributed by atoms with Gasteiger partial charge in [-0.15, -0.1) is 0 Å². The number of urea groups is 1. The molecule has 0 saturated heterocycles. The van der Waals surface area contributed by atoms with E-state index >= 15 is 0 Å². The fourth-order valence-electron chi connectivity index (χ4n) is 1.89. The van der Waals surface area contributed by atoms with Crippen LogP contribution in [0, 0.1) is 0 Å². The van der Waals surface area contributed by atoms with E-state index in [-0.39, 0.29) is 12.6 Å². The van der Waals surface area contributed by atoms with E-state index in [4.69, 9.17) is 5.11 Å². The number of benzene rings is 1. The molecule has 4 nitrogen and oxygen atoms in total. The summed E-state index contributed by atoms with van der Waals surface area (Å²) < 4.78 is 0. The topological polar surface area (TPSA) is 52.6 Å². The van der Waals surface area contributed by atoms with E-state index in [1.54, 1.807) is 4.90 Å². The quantitative estimate of drug-likeness (QED) is 0.789. The summed E-state index contributed by atoms with van der Waals surface area (Å²) in [6, 6.07) is 8.36. The van der Waals surface area contributed by atoms with Crippen molar-refractivity contribution in [3.8, 4) is 0 Å². The van der Waals surface area contributed by atoms with Crippen molar-refractivity contribution >= 4 is 6.03 Å². The number of carbonyl (C=O) groups is 1. The first-order valence-corrected chi connectivity index (χ1v) is 6.92. The SMILES string of the molecule is CCc1ccc(CCNC(=O)N(CC)CCO)cc1. The highest BCUT2D eigenvalue weighted by atomic mass is 16.3. The van der Waals surface area contributed by atoms with Crippen molar-refractivity contribution in [1.82, 2.24) is 10.2 Å². The predicted octanol–water partition coefficient (Wildman–Crippen LogP) is 1.82. The average molecular weight is 264 g/mol. The Balaban J connectivity index is 2.34. The second kappa shape index (κ2) is 8.53. The normalized spacial score (nSPS) is 10.3. The highest BCUT2D eigenvalue weighted by Gasteiger charge is 2.09. The predicted molar refractivity (Wildman–Crippen MR) is 77.3 cm³/mol. The Morgan fingerprint density at radius 3 is 2.37 bits per heavy atom. The number of likely N-dealkylation sites (N-methyl/N-ethyl adjacent to an activating group) is 1. The van der Waals surface area contributed by atoms with Gasteiger partial charge in [0.1, 0.15) is 0 Å². The monoisotopic (exact) mass is 264 g/mol. The maximum Gasteiger partial charge on any atom is 0.317 e. The van der Waals surface area contributed by atoms with Crippen molar-refractivity contribution in [3.05, 3.63) is 35.4 Å². The molecule has 19 heavy (non-hydrogen) atoms. The number of amides is 2. The van der Waals surface area contributed by atoms with Gasteiger partial charge in [0.05, 0.1) is 6.61 Å². The Kier molecular flexibility index (Phi) is 6.97. The number of hydrogen-bond donors (Lipinski definition) is 2. The minimum atomic E-state index is -0.110. The zero-order valence-corrected chi connectivity index (χ0v) is 11.9. The first-order chi connectivity index (χ1) is 9.21. The molecule has 0 aliphatic heterocycles. The molecule has 0 spiro atoms. The Morgan fingerprint density at radius 2 is 1.84 bits per heavy atom. The summed E-state index contributed by atoms with van der Waals surface area (Å²) in [5.74, 6) is 0. The van der Waals surface area contributed by atoms with Crippen LogP contribution in [0.4, 0.5) is 4.79 Å². The van der Waals surface area contributed by atoms with Gasteiger partial charge in [0.15, 0.2) is 0 Å². The van der Waals surface area contributed by atoms with Gasteiger partial charge in [-0.3, -0.25) is 0 Å². The first kappa shape index (κ1) is 15.5. The minimum absolute atomic E-state index is 0.000258. The lowest BCUT2D eigenvalue weighted by Crippen LogP contribution is -2.42. The number of aliphatic hydroxyl groups is 1. The van der Waals surface area contributed by atoms with Gasteiger partial charge in [-0.25, -0.2) is 4.79 Å². The van der Waals surface area contributed by atoms with E-state index in [1.807, 2.05) is 6.92 Å². The van der Waals surface area contributed by atoms with Crippen LogP contribution < -0.4 is 5.32 Å². The van der Waals surface area contributed by atoms with E-state index in [2.05, 4.69) is 36.5 Å². The third kappa shape index (κ3) is 5.30. The second-order valence-corrected chi connectivity index (χ2v) is 4.46. The van der Waals surface area contributed by atoms with Gasteiger partial charge in [-0.1, -0.05) is 31.2 Å². The number of nitrogens with zero attached hydrogens (tertiary/aromatic N) is 1. The number of rotatable bonds is 7. The van der Waals surface area contributed by atoms with Gasteiger partial charge in [0, 0.05) is 19.6 Å². The maximum absolute atomic E-state index is 11.8. The third-order valence-electron chi connectivity index (χ3n) is 3.16. The summed E-state index contributed by atoms with van der Waals surface area (Å²) in [7, 11) is 0. The highest BCUT2D eigenvalue weighted by molar-refractivity contribution is 5.74. The third-order valence-corrected chi connectivity index (χ3v) is 3.16. The molecule has 0 atom stereocenters.